The zero-order chi connectivity index (χ0) is 15.2. The lowest BCUT2D eigenvalue weighted by Crippen LogP contribution is -2.36. The van der Waals surface area contributed by atoms with Gasteiger partial charge in [0.1, 0.15) is 12.4 Å². The van der Waals surface area contributed by atoms with Gasteiger partial charge in [-0.1, -0.05) is 19.9 Å². The Morgan fingerprint density at radius 3 is 2.86 bits per heavy atom. The van der Waals surface area contributed by atoms with Gasteiger partial charge in [-0.3, -0.25) is 4.79 Å². The first-order valence-corrected chi connectivity index (χ1v) is 7.91. The number of carbonyl (C=O) groups is 1. The van der Waals surface area contributed by atoms with Crippen molar-refractivity contribution in [2.45, 2.75) is 33.4 Å². The second kappa shape index (κ2) is 7.22. The average molecular weight is 304 g/mol. The van der Waals surface area contributed by atoms with Gasteiger partial charge in [-0.05, 0) is 31.0 Å². The van der Waals surface area contributed by atoms with Gasteiger partial charge in [-0.25, -0.2) is 4.98 Å². The molecule has 21 heavy (non-hydrogen) atoms. The van der Waals surface area contributed by atoms with E-state index in [1.165, 1.54) is 11.3 Å². The van der Waals surface area contributed by atoms with Crippen LogP contribution in [0.5, 0.6) is 5.75 Å². The van der Waals surface area contributed by atoms with Crippen LogP contribution in [0.15, 0.2) is 35.2 Å². The van der Waals surface area contributed by atoms with E-state index in [2.05, 4.69) is 24.1 Å². The number of thiazole rings is 1. The molecule has 1 aromatic carbocycles. The molecular weight excluding hydrogens is 284 g/mol. The first-order chi connectivity index (χ1) is 10.1. The number of benzene rings is 1. The number of hydrogen-bond donors (Lipinski definition) is 1. The first kappa shape index (κ1) is 15.5. The fraction of sp³-hybridized carbons (Fsp3) is 0.375. The lowest BCUT2D eigenvalue weighted by molar-refractivity contribution is 0.0930. The molecule has 0 unspecified atom stereocenters. The van der Waals surface area contributed by atoms with Crippen molar-refractivity contribution < 1.29 is 9.53 Å². The third-order valence-corrected chi connectivity index (χ3v) is 3.96. The molecule has 0 aliphatic carbocycles. The number of nitrogens with zero attached hydrogens (tertiary/aromatic N) is 1. The Labute approximate surface area is 129 Å². The number of rotatable bonds is 6. The molecule has 2 aromatic rings. The number of nitrogens with one attached hydrogen (secondary N) is 1. The molecule has 0 aliphatic rings. The molecule has 1 heterocycles. The van der Waals surface area contributed by atoms with E-state index in [1.54, 1.807) is 17.6 Å². The third kappa shape index (κ3) is 4.56. The summed E-state index contributed by atoms with van der Waals surface area (Å²) >= 11 is 1.54. The third-order valence-electron chi connectivity index (χ3n) is 3.33. The van der Waals surface area contributed by atoms with E-state index in [1.807, 2.05) is 24.4 Å². The highest BCUT2D eigenvalue weighted by molar-refractivity contribution is 7.07. The van der Waals surface area contributed by atoms with Crippen LogP contribution in [-0.4, -0.2) is 16.9 Å². The van der Waals surface area contributed by atoms with Gasteiger partial charge in [0.15, 0.2) is 0 Å². The monoisotopic (exact) mass is 304 g/mol. The van der Waals surface area contributed by atoms with Gasteiger partial charge < -0.3 is 10.1 Å². The molecule has 0 saturated heterocycles. The smallest absolute Gasteiger partial charge is 0.251 e. The molecule has 0 aliphatic heterocycles. The lowest BCUT2D eigenvalue weighted by atomic mass is 10.1. The van der Waals surface area contributed by atoms with Gasteiger partial charge in [0.2, 0.25) is 0 Å². The summed E-state index contributed by atoms with van der Waals surface area (Å²) in [6.45, 7) is 6.58. The van der Waals surface area contributed by atoms with Crippen molar-refractivity contribution in [3.8, 4) is 5.75 Å². The van der Waals surface area contributed by atoms with Crippen molar-refractivity contribution >= 4 is 17.2 Å². The number of hydrogen-bond acceptors (Lipinski definition) is 4. The maximum Gasteiger partial charge on any atom is 0.251 e. The molecule has 0 saturated carbocycles. The van der Waals surface area contributed by atoms with Crippen molar-refractivity contribution in [3.63, 3.8) is 0 Å². The van der Waals surface area contributed by atoms with Crippen molar-refractivity contribution in [2.75, 3.05) is 0 Å². The molecule has 4 nitrogen and oxygen atoms in total. The standard InChI is InChI=1S/C16H20N2O2S/c1-11(2)12(3)18-16(19)13-5-4-6-15(7-13)20-8-14-9-21-10-17-14/h4-7,9-12H,8H2,1-3H3,(H,18,19)/t12-/m1/s1. The minimum Gasteiger partial charge on any atom is -0.487 e. The largest absolute Gasteiger partial charge is 0.487 e. The van der Waals surface area contributed by atoms with Crippen molar-refractivity contribution in [3.05, 3.63) is 46.4 Å². The van der Waals surface area contributed by atoms with Gasteiger partial charge in [0, 0.05) is 17.0 Å². The normalized spacial score (nSPS) is 12.2. The van der Waals surface area contributed by atoms with Crippen LogP contribution in [-0.2, 0) is 6.61 Å². The Kier molecular flexibility index (Phi) is 5.33. The van der Waals surface area contributed by atoms with Crippen LogP contribution in [0.3, 0.4) is 0 Å². The van der Waals surface area contributed by atoms with Crippen LogP contribution in [0, 0.1) is 5.92 Å². The molecule has 0 radical (unpaired) electrons. The molecule has 1 N–H and O–H groups in total. The summed E-state index contributed by atoms with van der Waals surface area (Å²) in [5, 5.41) is 4.93. The zero-order valence-corrected chi connectivity index (χ0v) is 13.3. The maximum absolute atomic E-state index is 12.2. The summed E-state index contributed by atoms with van der Waals surface area (Å²) in [6.07, 6.45) is 0. The Balaban J connectivity index is 1.98. The summed E-state index contributed by atoms with van der Waals surface area (Å²) in [5.41, 5.74) is 3.28. The Morgan fingerprint density at radius 2 is 2.19 bits per heavy atom. The molecular formula is C16H20N2O2S. The Hall–Kier alpha value is -1.88. The second-order valence-corrected chi connectivity index (χ2v) is 6.02. The van der Waals surface area contributed by atoms with E-state index in [9.17, 15) is 4.79 Å². The SMILES string of the molecule is CC(C)[C@@H](C)NC(=O)c1cccc(OCc2cscn2)c1. The number of ether oxygens (including phenoxy) is 1. The van der Waals surface area contributed by atoms with Crippen LogP contribution in [0.25, 0.3) is 0 Å². The van der Waals surface area contributed by atoms with E-state index >= 15 is 0 Å². The van der Waals surface area contributed by atoms with Crippen LogP contribution in [0.2, 0.25) is 0 Å². The Morgan fingerprint density at radius 1 is 1.38 bits per heavy atom. The Bertz CT molecular complexity index is 582. The predicted octanol–water partition coefficient (Wildman–Crippen LogP) is 3.50. The minimum atomic E-state index is -0.0738. The fourth-order valence-corrected chi connectivity index (χ4v) is 2.19. The zero-order valence-electron chi connectivity index (χ0n) is 12.5. The van der Waals surface area contributed by atoms with Gasteiger partial charge in [0.05, 0.1) is 11.2 Å². The van der Waals surface area contributed by atoms with Crippen LogP contribution < -0.4 is 10.1 Å². The topological polar surface area (TPSA) is 51.2 Å². The van der Waals surface area contributed by atoms with Crippen molar-refractivity contribution in [1.29, 1.82) is 0 Å². The lowest BCUT2D eigenvalue weighted by Gasteiger charge is -2.17. The number of amides is 1. The fourth-order valence-electron chi connectivity index (χ4n) is 1.65. The highest BCUT2D eigenvalue weighted by Crippen LogP contribution is 2.16. The van der Waals surface area contributed by atoms with E-state index in [4.69, 9.17) is 4.74 Å². The molecule has 0 bridgehead atoms. The maximum atomic E-state index is 12.2. The average Bonchev–Trinajstić information content (AvgIpc) is 2.98. The van der Waals surface area contributed by atoms with Crippen LogP contribution >= 0.6 is 11.3 Å². The minimum absolute atomic E-state index is 0.0738. The molecule has 0 spiro atoms. The first-order valence-electron chi connectivity index (χ1n) is 6.97. The van der Waals surface area contributed by atoms with Gasteiger partial charge in [-0.2, -0.15) is 0 Å². The molecule has 1 amide bonds. The summed E-state index contributed by atoms with van der Waals surface area (Å²) in [5.74, 6) is 1.00. The predicted molar refractivity (Wildman–Crippen MR) is 84.7 cm³/mol. The number of aromatic nitrogens is 1. The van der Waals surface area contributed by atoms with Crippen LogP contribution in [0.1, 0.15) is 36.8 Å². The van der Waals surface area contributed by atoms with Gasteiger partial charge in [-0.15, -0.1) is 11.3 Å². The van der Waals surface area contributed by atoms with E-state index in [0.29, 0.717) is 23.8 Å². The number of carbonyl (C=O) groups excluding carboxylic acids is 1. The highest BCUT2D eigenvalue weighted by Gasteiger charge is 2.13. The summed E-state index contributed by atoms with van der Waals surface area (Å²) < 4.78 is 5.66. The molecule has 1 atom stereocenters. The summed E-state index contributed by atoms with van der Waals surface area (Å²) in [6, 6.07) is 7.35. The van der Waals surface area contributed by atoms with Crippen molar-refractivity contribution in [1.82, 2.24) is 10.3 Å². The van der Waals surface area contributed by atoms with E-state index in [-0.39, 0.29) is 11.9 Å². The molecule has 112 valence electrons. The summed E-state index contributed by atoms with van der Waals surface area (Å²) in [4.78, 5) is 16.3. The van der Waals surface area contributed by atoms with Crippen LogP contribution in [0.4, 0.5) is 0 Å². The molecule has 1 aromatic heterocycles. The van der Waals surface area contributed by atoms with E-state index in [0.717, 1.165) is 5.69 Å². The quantitative estimate of drug-likeness (QED) is 0.888. The van der Waals surface area contributed by atoms with Crippen molar-refractivity contribution in [2.24, 2.45) is 5.92 Å². The summed E-state index contributed by atoms with van der Waals surface area (Å²) in [7, 11) is 0. The highest BCUT2D eigenvalue weighted by atomic mass is 32.1. The van der Waals surface area contributed by atoms with E-state index < -0.39 is 0 Å². The van der Waals surface area contributed by atoms with Gasteiger partial charge in [0.25, 0.3) is 5.91 Å². The van der Waals surface area contributed by atoms with Gasteiger partial charge >= 0.3 is 0 Å². The molecule has 2 rings (SSSR count). The second-order valence-electron chi connectivity index (χ2n) is 5.30. The molecule has 0 fully saturated rings. The molecule has 5 heteroatoms.